The molecule has 39 heavy (non-hydrogen) atoms. The molecule has 0 amide bonds. The van der Waals surface area contributed by atoms with E-state index in [0.717, 1.165) is 25.9 Å². The number of carbonyl (C=O) groups excluding carboxylic acids is 1. The summed E-state index contributed by atoms with van der Waals surface area (Å²) in [4.78, 5) is 11.2. The summed E-state index contributed by atoms with van der Waals surface area (Å²) >= 11 is 0. The lowest BCUT2D eigenvalue weighted by Gasteiger charge is -2.22. The lowest BCUT2D eigenvalue weighted by Crippen LogP contribution is -2.24. The zero-order chi connectivity index (χ0) is 28.1. The summed E-state index contributed by atoms with van der Waals surface area (Å²) in [5, 5.41) is 0. The zero-order valence-electron chi connectivity index (χ0n) is 23.7. The van der Waals surface area contributed by atoms with E-state index >= 15 is 0 Å². The summed E-state index contributed by atoms with van der Waals surface area (Å²) in [5.74, 6) is -0.410. The van der Waals surface area contributed by atoms with Crippen LogP contribution in [0.4, 0.5) is 0 Å². The second-order valence-electron chi connectivity index (χ2n) is 8.48. The maximum absolute atomic E-state index is 11.2. The highest BCUT2D eigenvalue weighted by Gasteiger charge is 2.13. The van der Waals surface area contributed by atoms with Crippen LogP contribution in [0.25, 0.3) is 0 Å². The maximum atomic E-state index is 11.2. The summed E-state index contributed by atoms with van der Waals surface area (Å²) in [6.07, 6.45) is 3.18. The quantitative estimate of drug-likeness (QED) is 0.0746. The van der Waals surface area contributed by atoms with Crippen molar-refractivity contribution < 1.29 is 56.9 Å². The van der Waals surface area contributed by atoms with E-state index in [0.29, 0.717) is 118 Å². The first-order valence-electron chi connectivity index (χ1n) is 13.9. The van der Waals surface area contributed by atoms with E-state index in [2.05, 4.69) is 6.58 Å². The third kappa shape index (κ3) is 25.5. The summed E-state index contributed by atoms with van der Waals surface area (Å²) in [5.41, 5.74) is 0.373. The van der Waals surface area contributed by atoms with Crippen molar-refractivity contribution in [2.45, 2.75) is 32.5 Å². The van der Waals surface area contributed by atoms with E-state index in [9.17, 15) is 4.79 Å². The van der Waals surface area contributed by atoms with Gasteiger partial charge in [-0.3, -0.25) is 0 Å². The first-order chi connectivity index (χ1) is 19.2. The smallest absolute Gasteiger partial charge is 0.333 e. The second-order valence-corrected chi connectivity index (χ2v) is 8.48. The average Bonchev–Trinajstić information content (AvgIpc) is 2.94. The molecule has 0 aromatic rings. The van der Waals surface area contributed by atoms with Gasteiger partial charge in [-0.15, -0.1) is 0 Å². The molecule has 230 valence electrons. The van der Waals surface area contributed by atoms with Crippen molar-refractivity contribution in [1.29, 1.82) is 0 Å². The SMILES string of the molecule is C=C(C)C(=O)OCCOCCOCCOCCOCCOCCOCCOCCOCCOC1CCCCO1. The van der Waals surface area contributed by atoms with Crippen LogP contribution < -0.4 is 0 Å². The van der Waals surface area contributed by atoms with Gasteiger partial charge in [-0.1, -0.05) is 6.58 Å². The fourth-order valence-electron chi connectivity index (χ4n) is 3.04. The van der Waals surface area contributed by atoms with Gasteiger partial charge in [-0.2, -0.15) is 0 Å². The summed E-state index contributed by atoms with van der Waals surface area (Å²) in [6.45, 7) is 14.4. The molecule has 0 radical (unpaired) electrons. The first-order valence-corrected chi connectivity index (χ1v) is 13.9. The van der Waals surface area contributed by atoms with E-state index in [1.165, 1.54) is 0 Å². The third-order valence-electron chi connectivity index (χ3n) is 5.08. The minimum Gasteiger partial charge on any atom is -0.460 e. The van der Waals surface area contributed by atoms with Crippen molar-refractivity contribution in [3.8, 4) is 0 Å². The Hall–Kier alpha value is -1.19. The second kappa shape index (κ2) is 28.3. The molecule has 0 aliphatic carbocycles. The van der Waals surface area contributed by atoms with Crippen molar-refractivity contribution >= 4 is 5.97 Å². The van der Waals surface area contributed by atoms with Gasteiger partial charge < -0.3 is 52.1 Å². The molecule has 12 nitrogen and oxygen atoms in total. The van der Waals surface area contributed by atoms with Gasteiger partial charge in [0.25, 0.3) is 0 Å². The van der Waals surface area contributed by atoms with Gasteiger partial charge in [0, 0.05) is 12.2 Å². The summed E-state index contributed by atoms with van der Waals surface area (Å²) in [6, 6.07) is 0. The summed E-state index contributed by atoms with van der Waals surface area (Å²) < 4.78 is 59.4. The van der Waals surface area contributed by atoms with Crippen LogP contribution in [-0.4, -0.2) is 138 Å². The first kappa shape index (κ1) is 35.8. The number of hydrogen-bond acceptors (Lipinski definition) is 12. The monoisotopic (exact) mass is 566 g/mol. The topological polar surface area (TPSA) is 119 Å². The molecule has 0 spiro atoms. The van der Waals surface area contributed by atoms with Crippen LogP contribution in [0.5, 0.6) is 0 Å². The van der Waals surface area contributed by atoms with Gasteiger partial charge in [0.1, 0.15) is 6.61 Å². The van der Waals surface area contributed by atoms with Crippen LogP contribution in [0, 0.1) is 0 Å². The molecule has 1 unspecified atom stereocenters. The highest BCUT2D eigenvalue weighted by atomic mass is 16.7. The molecule has 1 heterocycles. The number of hydrogen-bond donors (Lipinski definition) is 0. The van der Waals surface area contributed by atoms with Gasteiger partial charge in [-0.05, 0) is 26.2 Å². The van der Waals surface area contributed by atoms with Crippen LogP contribution >= 0.6 is 0 Å². The van der Waals surface area contributed by atoms with E-state index < -0.39 is 5.97 Å². The van der Waals surface area contributed by atoms with Crippen LogP contribution in [-0.2, 0) is 56.9 Å². The Morgan fingerprint density at radius 2 is 0.949 bits per heavy atom. The Morgan fingerprint density at radius 3 is 1.28 bits per heavy atom. The molecule has 0 bridgehead atoms. The van der Waals surface area contributed by atoms with Crippen LogP contribution in [0.3, 0.4) is 0 Å². The summed E-state index contributed by atoms with van der Waals surface area (Å²) in [7, 11) is 0. The van der Waals surface area contributed by atoms with Gasteiger partial charge in [0.05, 0.1) is 112 Å². The maximum Gasteiger partial charge on any atom is 0.333 e. The number of rotatable bonds is 29. The van der Waals surface area contributed by atoms with Gasteiger partial charge in [0.2, 0.25) is 0 Å². The molecule has 1 fully saturated rings. The molecule has 0 aromatic heterocycles. The minimum absolute atomic E-state index is 0.0672. The van der Waals surface area contributed by atoms with E-state index in [4.69, 9.17) is 52.1 Å². The fraction of sp³-hybridized carbons (Fsp3) is 0.889. The van der Waals surface area contributed by atoms with E-state index in [1.807, 2.05) is 0 Å². The highest BCUT2D eigenvalue weighted by molar-refractivity contribution is 5.86. The molecule has 12 heteroatoms. The number of esters is 1. The molecular formula is C27H50O12. The van der Waals surface area contributed by atoms with Crippen molar-refractivity contribution in [2.75, 3.05) is 126 Å². The Morgan fingerprint density at radius 1 is 0.590 bits per heavy atom. The Kier molecular flexibility index (Phi) is 26.0. The van der Waals surface area contributed by atoms with Crippen LogP contribution in [0.15, 0.2) is 12.2 Å². The number of ether oxygens (including phenoxy) is 11. The van der Waals surface area contributed by atoms with Crippen molar-refractivity contribution in [1.82, 2.24) is 0 Å². The molecule has 0 saturated carbocycles. The van der Waals surface area contributed by atoms with Gasteiger partial charge >= 0.3 is 5.97 Å². The fourth-order valence-corrected chi connectivity index (χ4v) is 3.04. The predicted molar refractivity (Wildman–Crippen MR) is 142 cm³/mol. The van der Waals surface area contributed by atoms with Crippen molar-refractivity contribution in [2.24, 2.45) is 0 Å². The molecule has 1 saturated heterocycles. The molecule has 1 aliphatic rings. The van der Waals surface area contributed by atoms with Gasteiger partial charge in [0.15, 0.2) is 6.29 Å². The minimum atomic E-state index is -0.410. The van der Waals surface area contributed by atoms with E-state index in [1.54, 1.807) is 6.92 Å². The highest BCUT2D eigenvalue weighted by Crippen LogP contribution is 2.13. The Labute approximate surface area is 233 Å². The Balaban J connectivity index is 1.63. The van der Waals surface area contributed by atoms with Crippen LogP contribution in [0.1, 0.15) is 26.2 Å². The lowest BCUT2D eigenvalue weighted by atomic mass is 10.2. The molecule has 1 aliphatic heterocycles. The molecular weight excluding hydrogens is 516 g/mol. The van der Waals surface area contributed by atoms with Gasteiger partial charge in [-0.25, -0.2) is 4.79 Å². The standard InChI is InChI=1S/C27H50O12/c1-25(2)27(28)39-24-22-36-20-18-34-16-14-32-12-10-30-8-7-29-9-11-31-13-15-33-17-19-35-21-23-38-26-5-3-4-6-37-26/h26H,1,3-24H2,2H3. The largest absolute Gasteiger partial charge is 0.460 e. The van der Waals surface area contributed by atoms with Crippen molar-refractivity contribution in [3.05, 3.63) is 12.2 Å². The molecule has 1 rings (SSSR count). The molecule has 0 N–H and O–H groups in total. The number of carbonyl (C=O) groups is 1. The van der Waals surface area contributed by atoms with E-state index in [-0.39, 0.29) is 12.9 Å². The van der Waals surface area contributed by atoms with Crippen LogP contribution in [0.2, 0.25) is 0 Å². The Bertz CT molecular complexity index is 557. The van der Waals surface area contributed by atoms with Crippen molar-refractivity contribution in [3.63, 3.8) is 0 Å². The molecule has 0 aromatic carbocycles. The average molecular weight is 567 g/mol. The lowest BCUT2D eigenvalue weighted by molar-refractivity contribution is -0.169. The normalized spacial score (nSPS) is 15.5. The zero-order valence-corrected chi connectivity index (χ0v) is 23.7. The predicted octanol–water partition coefficient (Wildman–Crippen LogP) is 1.78. The molecule has 1 atom stereocenters. The third-order valence-corrected chi connectivity index (χ3v) is 5.08.